The highest BCUT2D eigenvalue weighted by atomic mass is 16.1. The van der Waals surface area contributed by atoms with Gasteiger partial charge in [-0.3, -0.25) is 9.59 Å². The number of fused-ring (bicyclic) bond motifs is 5. The molecule has 0 aromatic carbocycles. The Morgan fingerprint density at radius 1 is 0.966 bits per heavy atom. The SMILES string of the molecule is CC(C)CCC[C@@H](C)[C@H]1CC[C@H]2[C@@H]3CCC4CC(=O)CC[C@]4(C)[C@H]3C(=O)C[C@]12C. The molecule has 8 atom stereocenters. The third-order valence-corrected chi connectivity index (χ3v) is 10.4. The molecule has 0 saturated heterocycles. The number of hydrogen-bond acceptors (Lipinski definition) is 2. The van der Waals surface area contributed by atoms with Crippen LogP contribution in [-0.2, 0) is 9.59 Å². The first-order valence-electron chi connectivity index (χ1n) is 12.7. The molecule has 1 unspecified atom stereocenters. The van der Waals surface area contributed by atoms with Gasteiger partial charge in [-0.1, -0.05) is 53.9 Å². The van der Waals surface area contributed by atoms with Gasteiger partial charge in [-0.05, 0) is 78.4 Å². The molecule has 0 aromatic rings. The Labute approximate surface area is 179 Å². The van der Waals surface area contributed by atoms with E-state index in [2.05, 4.69) is 34.6 Å². The molecule has 2 heteroatoms. The summed E-state index contributed by atoms with van der Waals surface area (Å²) in [5, 5.41) is 0. The molecule has 2 nitrogen and oxygen atoms in total. The standard InChI is InChI=1S/C27H44O2/c1-17(2)7-6-8-18(3)22-11-12-23-21-10-9-19-15-20(28)13-14-26(19,4)25(21)24(29)16-27(22,23)5/h17-19,21-23,25H,6-16H2,1-5H3/t18-,19?,21+,22-,23+,25-,26+,27-/m1/s1. The fraction of sp³-hybridized carbons (Fsp3) is 0.926. The van der Waals surface area contributed by atoms with Gasteiger partial charge >= 0.3 is 0 Å². The third-order valence-electron chi connectivity index (χ3n) is 10.4. The highest BCUT2D eigenvalue weighted by Crippen LogP contribution is 2.67. The van der Waals surface area contributed by atoms with E-state index in [1.807, 2.05) is 0 Å². The molecular formula is C27H44O2. The van der Waals surface area contributed by atoms with Crippen LogP contribution in [0.5, 0.6) is 0 Å². The average Bonchev–Trinajstić information content (AvgIpc) is 2.98. The molecule has 0 amide bonds. The quantitative estimate of drug-likeness (QED) is 0.505. The Morgan fingerprint density at radius 3 is 2.45 bits per heavy atom. The van der Waals surface area contributed by atoms with Crippen molar-refractivity contribution in [3.63, 3.8) is 0 Å². The van der Waals surface area contributed by atoms with Crippen LogP contribution in [0, 0.1) is 52.3 Å². The van der Waals surface area contributed by atoms with E-state index < -0.39 is 0 Å². The molecule has 0 bridgehead atoms. The second-order valence-electron chi connectivity index (χ2n) is 12.4. The number of Topliss-reactive ketones (excluding diaryl/α,β-unsaturated/α-hetero) is 2. The zero-order valence-corrected chi connectivity index (χ0v) is 19.6. The van der Waals surface area contributed by atoms with E-state index in [4.69, 9.17) is 0 Å². The number of carbonyl (C=O) groups excluding carboxylic acids is 2. The van der Waals surface area contributed by atoms with Gasteiger partial charge in [-0.2, -0.15) is 0 Å². The maximum atomic E-state index is 13.7. The monoisotopic (exact) mass is 400 g/mol. The van der Waals surface area contributed by atoms with Crippen LogP contribution in [0.25, 0.3) is 0 Å². The zero-order valence-electron chi connectivity index (χ0n) is 19.6. The molecule has 0 aromatic heterocycles. The molecular weight excluding hydrogens is 356 g/mol. The topological polar surface area (TPSA) is 34.1 Å². The van der Waals surface area contributed by atoms with Crippen molar-refractivity contribution in [3.05, 3.63) is 0 Å². The van der Waals surface area contributed by atoms with Crippen LogP contribution in [0.4, 0.5) is 0 Å². The number of rotatable bonds is 5. The second kappa shape index (κ2) is 7.79. The lowest BCUT2D eigenvalue weighted by molar-refractivity contribution is -0.161. The van der Waals surface area contributed by atoms with E-state index in [0.717, 1.165) is 42.9 Å². The molecule has 4 fully saturated rings. The van der Waals surface area contributed by atoms with Crippen molar-refractivity contribution in [1.29, 1.82) is 0 Å². The van der Waals surface area contributed by atoms with Crippen molar-refractivity contribution in [3.8, 4) is 0 Å². The van der Waals surface area contributed by atoms with Crippen molar-refractivity contribution in [2.24, 2.45) is 52.3 Å². The van der Waals surface area contributed by atoms with Crippen LogP contribution in [0.2, 0.25) is 0 Å². The lowest BCUT2D eigenvalue weighted by Gasteiger charge is -2.59. The second-order valence-corrected chi connectivity index (χ2v) is 12.4. The van der Waals surface area contributed by atoms with E-state index >= 15 is 0 Å². The Kier molecular flexibility index (Phi) is 5.79. The van der Waals surface area contributed by atoms with E-state index in [9.17, 15) is 9.59 Å². The molecule has 0 heterocycles. The van der Waals surface area contributed by atoms with Crippen molar-refractivity contribution < 1.29 is 9.59 Å². The minimum atomic E-state index is 0.0935. The van der Waals surface area contributed by atoms with E-state index in [0.29, 0.717) is 29.8 Å². The summed E-state index contributed by atoms with van der Waals surface area (Å²) >= 11 is 0. The Hall–Kier alpha value is -0.660. The summed E-state index contributed by atoms with van der Waals surface area (Å²) in [5.41, 5.74) is 0.319. The van der Waals surface area contributed by atoms with Crippen LogP contribution < -0.4 is 0 Å². The van der Waals surface area contributed by atoms with Crippen LogP contribution >= 0.6 is 0 Å². The molecule has 0 radical (unpaired) electrons. The first kappa shape index (κ1) is 21.6. The van der Waals surface area contributed by atoms with E-state index in [-0.39, 0.29) is 16.7 Å². The lowest BCUT2D eigenvalue weighted by Crippen LogP contribution is -2.57. The summed E-state index contributed by atoms with van der Waals surface area (Å²) in [7, 11) is 0. The zero-order chi connectivity index (χ0) is 21.0. The Balaban J connectivity index is 1.53. The van der Waals surface area contributed by atoms with Gasteiger partial charge < -0.3 is 0 Å². The van der Waals surface area contributed by atoms with Crippen LogP contribution in [0.1, 0.15) is 105 Å². The summed E-state index contributed by atoms with van der Waals surface area (Å²) in [5.74, 6) is 5.29. The molecule has 0 spiro atoms. The normalized spacial score (nSPS) is 45.7. The predicted molar refractivity (Wildman–Crippen MR) is 118 cm³/mol. The smallest absolute Gasteiger partial charge is 0.137 e. The van der Waals surface area contributed by atoms with E-state index in [1.54, 1.807) is 0 Å². The van der Waals surface area contributed by atoms with Gasteiger partial charge in [0.2, 0.25) is 0 Å². The van der Waals surface area contributed by atoms with Gasteiger partial charge in [0.1, 0.15) is 11.6 Å². The third kappa shape index (κ3) is 3.55. The minimum Gasteiger partial charge on any atom is -0.300 e. The van der Waals surface area contributed by atoms with Gasteiger partial charge in [0, 0.05) is 25.2 Å². The van der Waals surface area contributed by atoms with E-state index in [1.165, 1.54) is 44.9 Å². The molecule has 29 heavy (non-hydrogen) atoms. The van der Waals surface area contributed by atoms with Gasteiger partial charge in [0.25, 0.3) is 0 Å². The maximum Gasteiger partial charge on any atom is 0.137 e. The first-order chi connectivity index (χ1) is 13.7. The number of hydrogen-bond donors (Lipinski definition) is 0. The van der Waals surface area contributed by atoms with Crippen LogP contribution in [0.3, 0.4) is 0 Å². The molecule has 4 rings (SSSR count). The fourth-order valence-electron chi connectivity index (χ4n) is 8.88. The number of carbonyl (C=O) groups is 2. The predicted octanol–water partition coefficient (Wildman–Crippen LogP) is 6.86. The molecule has 164 valence electrons. The minimum absolute atomic E-state index is 0.0935. The largest absolute Gasteiger partial charge is 0.300 e. The van der Waals surface area contributed by atoms with Crippen molar-refractivity contribution in [2.45, 2.75) is 105 Å². The summed E-state index contributed by atoms with van der Waals surface area (Å²) in [6, 6.07) is 0. The van der Waals surface area contributed by atoms with Gasteiger partial charge in [0.05, 0.1) is 0 Å². The van der Waals surface area contributed by atoms with Gasteiger partial charge in [-0.15, -0.1) is 0 Å². The van der Waals surface area contributed by atoms with Crippen molar-refractivity contribution >= 4 is 11.6 Å². The first-order valence-corrected chi connectivity index (χ1v) is 12.7. The average molecular weight is 401 g/mol. The Bertz CT molecular complexity index is 651. The summed E-state index contributed by atoms with van der Waals surface area (Å²) in [6.45, 7) is 12.0. The van der Waals surface area contributed by atoms with Crippen molar-refractivity contribution in [1.82, 2.24) is 0 Å². The highest BCUT2D eigenvalue weighted by Gasteiger charge is 2.63. The molecule has 0 aliphatic heterocycles. The molecule has 4 saturated carbocycles. The number of ketones is 2. The van der Waals surface area contributed by atoms with Crippen LogP contribution in [0.15, 0.2) is 0 Å². The fourth-order valence-corrected chi connectivity index (χ4v) is 8.88. The van der Waals surface area contributed by atoms with Gasteiger partial charge in [0.15, 0.2) is 0 Å². The Morgan fingerprint density at radius 2 is 1.72 bits per heavy atom. The van der Waals surface area contributed by atoms with Crippen LogP contribution in [-0.4, -0.2) is 11.6 Å². The van der Waals surface area contributed by atoms with Gasteiger partial charge in [-0.25, -0.2) is 0 Å². The molecule has 4 aliphatic rings. The molecule has 4 aliphatic carbocycles. The summed E-state index contributed by atoms with van der Waals surface area (Å²) in [4.78, 5) is 25.8. The summed E-state index contributed by atoms with van der Waals surface area (Å²) < 4.78 is 0. The highest BCUT2D eigenvalue weighted by molar-refractivity contribution is 5.85. The lowest BCUT2D eigenvalue weighted by atomic mass is 9.44. The van der Waals surface area contributed by atoms with Crippen molar-refractivity contribution in [2.75, 3.05) is 0 Å². The molecule has 0 N–H and O–H groups in total. The maximum absolute atomic E-state index is 13.7. The summed E-state index contributed by atoms with van der Waals surface area (Å²) in [6.07, 6.45) is 12.3.